The van der Waals surface area contributed by atoms with Crippen molar-refractivity contribution in [2.45, 2.75) is 43.5 Å². The number of thiol groups is 1. The topological polar surface area (TPSA) is 82.9 Å². The Morgan fingerprint density at radius 3 is 2.77 bits per heavy atom. The average Bonchev–Trinajstić information content (AvgIpc) is 3.38. The van der Waals surface area contributed by atoms with Crippen LogP contribution in [0.15, 0.2) is 41.9 Å². The van der Waals surface area contributed by atoms with Gasteiger partial charge in [0.1, 0.15) is 5.75 Å². The van der Waals surface area contributed by atoms with Crippen molar-refractivity contribution in [3.05, 3.63) is 57.4 Å². The van der Waals surface area contributed by atoms with E-state index in [9.17, 15) is 15.0 Å². The molecular weight excluding hydrogens is 504 g/mol. The van der Waals surface area contributed by atoms with E-state index in [4.69, 9.17) is 29.0 Å². The standard InChI is InChI=1S/C26H31ClN2O4S2/c1-33-17-4-5-20-18(13-17)25(19(27)15-28-20)21(30)6-7-26(14-24(31)32)8-10-29(11-9-26)16-22(34)23-3-2-12-35-23/h2-5,12-13,15,21-22,30,34H,6-11,14,16H2,1H3,(H,31,32)/t21-,22?/m0/s1. The second-order valence-corrected chi connectivity index (χ2v) is 11.4. The third kappa shape index (κ3) is 6.30. The van der Waals surface area contributed by atoms with Gasteiger partial charge in [0.05, 0.1) is 30.2 Å². The summed E-state index contributed by atoms with van der Waals surface area (Å²) in [4.78, 5) is 19.8. The van der Waals surface area contributed by atoms with Crippen molar-refractivity contribution in [3.8, 4) is 5.75 Å². The minimum Gasteiger partial charge on any atom is -0.497 e. The number of carboxylic acid groups (broad SMARTS) is 1. The number of aliphatic hydroxyl groups excluding tert-OH is 1. The normalized spacial score (nSPS) is 17.8. The molecule has 1 aliphatic rings. The van der Waals surface area contributed by atoms with Crippen LogP contribution < -0.4 is 4.74 Å². The lowest BCUT2D eigenvalue weighted by atomic mass is 9.71. The number of carboxylic acids is 1. The van der Waals surface area contributed by atoms with Gasteiger partial charge in [0.2, 0.25) is 0 Å². The lowest BCUT2D eigenvalue weighted by Gasteiger charge is -2.42. The number of rotatable bonds is 10. The summed E-state index contributed by atoms with van der Waals surface area (Å²) in [5.74, 6) is -0.134. The number of fused-ring (bicyclic) bond motifs is 1. The van der Waals surface area contributed by atoms with Crippen molar-refractivity contribution in [1.29, 1.82) is 0 Å². The van der Waals surface area contributed by atoms with Gasteiger partial charge in [-0.15, -0.1) is 11.3 Å². The van der Waals surface area contributed by atoms with Crippen LogP contribution in [0.4, 0.5) is 0 Å². The molecule has 3 aromatic rings. The van der Waals surface area contributed by atoms with Crippen LogP contribution in [-0.2, 0) is 4.79 Å². The minimum atomic E-state index is -0.829. The van der Waals surface area contributed by atoms with Crippen LogP contribution in [0.5, 0.6) is 5.75 Å². The Balaban J connectivity index is 1.45. The third-order valence-electron chi connectivity index (χ3n) is 7.10. The summed E-state index contributed by atoms with van der Waals surface area (Å²) in [5, 5.41) is 24.2. The van der Waals surface area contributed by atoms with Crippen molar-refractivity contribution in [1.82, 2.24) is 9.88 Å². The number of carbonyl (C=O) groups is 1. The fraction of sp³-hybridized carbons (Fsp3) is 0.462. The molecule has 1 saturated heterocycles. The van der Waals surface area contributed by atoms with Crippen LogP contribution in [-0.4, -0.2) is 52.8 Å². The third-order valence-corrected chi connectivity index (χ3v) is 9.00. The van der Waals surface area contributed by atoms with E-state index in [-0.39, 0.29) is 17.1 Å². The maximum Gasteiger partial charge on any atom is 0.303 e. The van der Waals surface area contributed by atoms with E-state index < -0.39 is 12.1 Å². The summed E-state index contributed by atoms with van der Waals surface area (Å²) in [6.45, 7) is 2.49. The van der Waals surface area contributed by atoms with E-state index in [1.165, 1.54) is 4.88 Å². The maximum atomic E-state index is 11.8. The van der Waals surface area contributed by atoms with E-state index >= 15 is 0 Å². The van der Waals surface area contributed by atoms with Gasteiger partial charge in [0.15, 0.2) is 0 Å². The Morgan fingerprint density at radius 2 is 2.11 bits per heavy atom. The zero-order chi connectivity index (χ0) is 25.0. The number of ether oxygens (including phenoxy) is 1. The molecule has 1 aliphatic heterocycles. The number of nitrogens with zero attached hydrogens (tertiary/aromatic N) is 2. The molecule has 1 fully saturated rings. The molecule has 0 aliphatic carbocycles. The van der Waals surface area contributed by atoms with E-state index in [1.54, 1.807) is 24.6 Å². The van der Waals surface area contributed by atoms with Gasteiger partial charge in [-0.1, -0.05) is 17.7 Å². The Hall–Kier alpha value is -1.84. The Morgan fingerprint density at radius 1 is 1.34 bits per heavy atom. The van der Waals surface area contributed by atoms with Crippen molar-refractivity contribution in [2.24, 2.45) is 5.41 Å². The van der Waals surface area contributed by atoms with E-state index in [0.717, 1.165) is 43.4 Å². The van der Waals surface area contributed by atoms with Crippen LogP contribution in [0.2, 0.25) is 5.02 Å². The first-order valence-corrected chi connectivity index (χ1v) is 13.5. The lowest BCUT2D eigenvalue weighted by molar-refractivity contribution is -0.141. The monoisotopic (exact) mass is 534 g/mol. The molecule has 2 N–H and O–H groups in total. The van der Waals surface area contributed by atoms with Gasteiger partial charge in [-0.25, -0.2) is 0 Å². The highest BCUT2D eigenvalue weighted by atomic mass is 35.5. The molecule has 188 valence electrons. The number of aromatic nitrogens is 1. The number of aliphatic hydroxyl groups is 1. The van der Waals surface area contributed by atoms with Crippen molar-refractivity contribution in [3.63, 3.8) is 0 Å². The fourth-order valence-corrected chi connectivity index (χ4v) is 6.56. The van der Waals surface area contributed by atoms with Crippen molar-refractivity contribution in [2.75, 3.05) is 26.7 Å². The zero-order valence-corrected chi connectivity index (χ0v) is 22.2. The molecule has 35 heavy (non-hydrogen) atoms. The molecule has 9 heteroatoms. The maximum absolute atomic E-state index is 11.8. The molecular formula is C26H31ClN2O4S2. The van der Waals surface area contributed by atoms with Crippen LogP contribution in [0.25, 0.3) is 10.9 Å². The fourth-order valence-electron chi connectivity index (χ4n) is 5.08. The number of methoxy groups -OCH3 is 1. The summed E-state index contributed by atoms with van der Waals surface area (Å²) in [5.41, 5.74) is 0.989. The van der Waals surface area contributed by atoms with Gasteiger partial charge in [-0.05, 0) is 73.8 Å². The lowest BCUT2D eigenvalue weighted by Crippen LogP contribution is -2.42. The summed E-state index contributed by atoms with van der Waals surface area (Å²) in [7, 11) is 1.59. The first-order chi connectivity index (χ1) is 16.8. The Bertz CT molecular complexity index is 1150. The quantitative estimate of drug-likeness (QED) is 0.277. The number of hydrogen-bond acceptors (Lipinski definition) is 7. The predicted molar refractivity (Wildman–Crippen MR) is 144 cm³/mol. The number of aliphatic carboxylic acids is 1. The smallest absolute Gasteiger partial charge is 0.303 e. The zero-order valence-electron chi connectivity index (χ0n) is 19.7. The molecule has 1 unspecified atom stereocenters. The molecule has 3 heterocycles. The largest absolute Gasteiger partial charge is 0.497 e. The molecule has 0 spiro atoms. The minimum absolute atomic E-state index is 0.0986. The molecule has 2 atom stereocenters. The predicted octanol–water partition coefficient (Wildman–Crippen LogP) is 6.00. The summed E-state index contributed by atoms with van der Waals surface area (Å²) in [6, 6.07) is 9.64. The first kappa shape index (κ1) is 26.2. The van der Waals surface area contributed by atoms with Gasteiger partial charge < -0.3 is 19.8 Å². The van der Waals surface area contributed by atoms with Gasteiger partial charge in [0.25, 0.3) is 0 Å². The number of thiophene rings is 1. The van der Waals surface area contributed by atoms with Gasteiger partial charge >= 0.3 is 5.97 Å². The highest BCUT2D eigenvalue weighted by Gasteiger charge is 2.37. The average molecular weight is 535 g/mol. The highest BCUT2D eigenvalue weighted by Crippen LogP contribution is 2.43. The Labute approximate surface area is 220 Å². The highest BCUT2D eigenvalue weighted by molar-refractivity contribution is 7.80. The van der Waals surface area contributed by atoms with Gasteiger partial charge in [-0.2, -0.15) is 12.6 Å². The van der Waals surface area contributed by atoms with Crippen LogP contribution in [0.1, 0.15) is 53.9 Å². The Kier molecular flexibility index (Phi) is 8.60. The van der Waals surface area contributed by atoms with E-state index in [1.807, 2.05) is 24.3 Å². The second kappa shape index (κ2) is 11.5. The summed E-state index contributed by atoms with van der Waals surface area (Å²) < 4.78 is 5.35. The molecule has 0 radical (unpaired) electrons. The summed E-state index contributed by atoms with van der Waals surface area (Å²) in [6.07, 6.45) is 3.40. The van der Waals surface area contributed by atoms with Crippen LogP contribution in [0, 0.1) is 5.41 Å². The molecule has 0 amide bonds. The number of hydrogen-bond donors (Lipinski definition) is 3. The number of benzene rings is 1. The molecule has 0 bridgehead atoms. The van der Waals surface area contributed by atoms with Gasteiger partial charge in [0, 0.05) is 33.8 Å². The molecule has 6 nitrogen and oxygen atoms in total. The molecule has 0 saturated carbocycles. The second-order valence-electron chi connectivity index (χ2n) is 9.36. The first-order valence-electron chi connectivity index (χ1n) is 11.8. The number of piperidine rings is 1. The van der Waals surface area contributed by atoms with Crippen LogP contribution in [0.3, 0.4) is 0 Å². The number of pyridine rings is 1. The molecule has 2 aromatic heterocycles. The van der Waals surface area contributed by atoms with Crippen molar-refractivity contribution >= 4 is 52.4 Å². The summed E-state index contributed by atoms with van der Waals surface area (Å²) >= 11 is 13.0. The van der Waals surface area contributed by atoms with E-state index in [2.05, 4.69) is 21.3 Å². The molecule has 1 aromatic carbocycles. The number of likely N-dealkylation sites (tertiary alicyclic amines) is 1. The molecule has 4 rings (SSSR count). The van der Waals surface area contributed by atoms with Gasteiger partial charge in [-0.3, -0.25) is 9.78 Å². The van der Waals surface area contributed by atoms with Crippen LogP contribution >= 0.6 is 35.6 Å². The number of halogens is 1. The SMILES string of the molecule is COc1ccc2ncc(Cl)c([C@@H](O)CCC3(CC(=O)O)CCN(CC(S)c4cccs4)CC3)c2c1. The van der Waals surface area contributed by atoms with E-state index in [0.29, 0.717) is 29.2 Å². The van der Waals surface area contributed by atoms with Crippen molar-refractivity contribution < 1.29 is 19.7 Å².